The Kier molecular flexibility index (Phi) is 8.23. The zero-order valence-corrected chi connectivity index (χ0v) is 22.5. The predicted octanol–water partition coefficient (Wildman–Crippen LogP) is 4.81. The van der Waals surface area contributed by atoms with Crippen molar-refractivity contribution in [2.24, 2.45) is 0 Å². The fraction of sp³-hybridized carbons (Fsp3) is 0.333. The van der Waals surface area contributed by atoms with E-state index in [0.29, 0.717) is 28.1 Å². The maximum Gasteiger partial charge on any atom is 0.249 e. The summed E-state index contributed by atoms with van der Waals surface area (Å²) >= 11 is 0. The smallest absolute Gasteiger partial charge is 0.249 e. The first-order chi connectivity index (χ1) is 19.5. The minimum absolute atomic E-state index is 0.0365. The summed E-state index contributed by atoms with van der Waals surface area (Å²) in [6.07, 6.45) is 4.81. The van der Waals surface area contributed by atoms with Crippen molar-refractivity contribution in [2.45, 2.75) is 50.7 Å². The molecule has 5 rings (SSSR count). The number of ether oxygens (including phenoxy) is 2. The molecule has 1 aromatic heterocycles. The zero-order valence-electron chi connectivity index (χ0n) is 22.5. The third-order valence-electron chi connectivity index (χ3n) is 7.28. The number of anilines is 1. The van der Waals surface area contributed by atoms with E-state index in [1.165, 1.54) is 42.0 Å². The molecular weight excluding hydrogens is 513 g/mol. The molecule has 9 nitrogen and oxygen atoms in total. The van der Waals surface area contributed by atoms with E-state index in [0.717, 1.165) is 32.1 Å². The van der Waals surface area contributed by atoms with Crippen molar-refractivity contribution < 1.29 is 23.5 Å². The molecule has 1 N–H and O–H groups in total. The van der Waals surface area contributed by atoms with E-state index in [1.807, 2.05) is 12.1 Å². The summed E-state index contributed by atoms with van der Waals surface area (Å²) in [6, 6.07) is 16.9. The van der Waals surface area contributed by atoms with Gasteiger partial charge in [-0.2, -0.15) is 0 Å². The first-order valence-electron chi connectivity index (χ1n) is 13.4. The Bertz CT molecular complexity index is 1500. The van der Waals surface area contributed by atoms with Crippen LogP contribution in [0.5, 0.6) is 11.5 Å². The molecule has 0 aliphatic heterocycles. The number of nitrogens with zero attached hydrogens (tertiary/aromatic N) is 4. The van der Waals surface area contributed by atoms with Gasteiger partial charge in [-0.3, -0.25) is 14.5 Å². The van der Waals surface area contributed by atoms with Crippen molar-refractivity contribution in [2.75, 3.05) is 19.1 Å². The van der Waals surface area contributed by atoms with Crippen LogP contribution in [0.1, 0.15) is 43.7 Å². The molecule has 0 unspecified atom stereocenters. The molecule has 40 heavy (non-hydrogen) atoms. The second kappa shape index (κ2) is 12.1. The summed E-state index contributed by atoms with van der Waals surface area (Å²) in [6.45, 7) is -0.270. The average molecular weight is 546 g/mol. The highest BCUT2D eigenvalue weighted by atomic mass is 19.1. The number of amides is 2. The minimum Gasteiger partial charge on any atom is -0.497 e. The monoisotopic (exact) mass is 545 g/mol. The molecule has 1 atom stereocenters. The highest BCUT2D eigenvalue weighted by molar-refractivity contribution is 6.02. The molecular formula is C30H32FN5O4. The lowest BCUT2D eigenvalue weighted by molar-refractivity contribution is -0.127. The van der Waals surface area contributed by atoms with Crippen molar-refractivity contribution in [3.63, 3.8) is 0 Å². The number of benzene rings is 3. The fourth-order valence-electron chi connectivity index (χ4n) is 5.28. The summed E-state index contributed by atoms with van der Waals surface area (Å²) < 4.78 is 28.0. The Morgan fingerprint density at radius 3 is 2.52 bits per heavy atom. The number of aromatic nitrogens is 3. The molecule has 1 aliphatic carbocycles. The summed E-state index contributed by atoms with van der Waals surface area (Å²) in [5.41, 5.74) is 1.60. The van der Waals surface area contributed by atoms with Crippen LogP contribution in [0.15, 0.2) is 66.7 Å². The number of carbonyl (C=O) groups is 2. The number of hydrogen-bond donors (Lipinski definition) is 1. The molecule has 0 bridgehead atoms. The zero-order chi connectivity index (χ0) is 28.1. The Balaban J connectivity index is 1.64. The lowest BCUT2D eigenvalue weighted by atomic mass is 9.94. The standard InChI is InChI=1S/C30H32FN5O4/c1-39-21-16-17-27(40-2)22(18-21)29(30(38)32-20-10-4-3-5-11-20)36(25-14-8-6-12-23(25)31)28(37)19-35-26-15-9-7-13-24(26)33-34-35/h6-9,12-18,20,29H,3-5,10-11,19H2,1-2H3,(H,32,38)/t29-/m1/s1. The molecule has 208 valence electrons. The van der Waals surface area contributed by atoms with Crippen LogP contribution in [0.3, 0.4) is 0 Å². The van der Waals surface area contributed by atoms with E-state index >= 15 is 4.39 Å². The highest BCUT2D eigenvalue weighted by Crippen LogP contribution is 2.37. The van der Waals surface area contributed by atoms with Gasteiger partial charge in [-0.25, -0.2) is 9.07 Å². The van der Waals surface area contributed by atoms with Gasteiger partial charge in [0.05, 0.1) is 25.4 Å². The third-order valence-corrected chi connectivity index (χ3v) is 7.28. The molecule has 3 aromatic carbocycles. The van der Waals surface area contributed by atoms with Gasteiger partial charge < -0.3 is 14.8 Å². The van der Waals surface area contributed by atoms with Crippen LogP contribution >= 0.6 is 0 Å². The summed E-state index contributed by atoms with van der Waals surface area (Å²) in [5, 5.41) is 11.4. The molecule has 4 aromatic rings. The Labute approximate surface area is 231 Å². The number of hydrogen-bond acceptors (Lipinski definition) is 6. The van der Waals surface area contributed by atoms with Crippen LogP contribution in [-0.2, 0) is 16.1 Å². The number of methoxy groups -OCH3 is 2. The van der Waals surface area contributed by atoms with Gasteiger partial charge in [0.15, 0.2) is 0 Å². The van der Waals surface area contributed by atoms with Crippen LogP contribution in [0, 0.1) is 5.82 Å². The van der Waals surface area contributed by atoms with Gasteiger partial charge in [0.25, 0.3) is 0 Å². The lowest BCUT2D eigenvalue weighted by Crippen LogP contribution is -2.48. The van der Waals surface area contributed by atoms with Crippen molar-refractivity contribution in [1.82, 2.24) is 20.3 Å². The van der Waals surface area contributed by atoms with Gasteiger partial charge in [0, 0.05) is 11.6 Å². The normalized spacial score (nSPS) is 14.5. The number of halogens is 1. The summed E-state index contributed by atoms with van der Waals surface area (Å²) in [7, 11) is 3.00. The lowest BCUT2D eigenvalue weighted by Gasteiger charge is -2.34. The fourth-order valence-corrected chi connectivity index (χ4v) is 5.28. The molecule has 0 radical (unpaired) electrons. The maximum atomic E-state index is 15.4. The molecule has 0 saturated heterocycles. The van der Waals surface area contributed by atoms with E-state index in [-0.39, 0.29) is 18.3 Å². The van der Waals surface area contributed by atoms with Gasteiger partial charge in [0.1, 0.15) is 35.4 Å². The second-order valence-electron chi connectivity index (χ2n) is 9.80. The van der Waals surface area contributed by atoms with Crippen LogP contribution in [0.2, 0.25) is 0 Å². The van der Waals surface area contributed by atoms with Crippen molar-refractivity contribution in [3.05, 3.63) is 78.1 Å². The van der Waals surface area contributed by atoms with Crippen LogP contribution < -0.4 is 19.7 Å². The van der Waals surface area contributed by atoms with Crippen LogP contribution in [-0.4, -0.2) is 47.1 Å². The number of carbonyl (C=O) groups excluding carboxylic acids is 2. The number of rotatable bonds is 9. The largest absolute Gasteiger partial charge is 0.497 e. The minimum atomic E-state index is -1.26. The maximum absolute atomic E-state index is 15.4. The molecule has 1 saturated carbocycles. The number of para-hydroxylation sites is 2. The molecule has 1 fully saturated rings. The molecule has 1 heterocycles. The van der Waals surface area contributed by atoms with Crippen molar-refractivity contribution in [3.8, 4) is 11.5 Å². The average Bonchev–Trinajstić information content (AvgIpc) is 3.39. The van der Waals surface area contributed by atoms with Crippen molar-refractivity contribution in [1.29, 1.82) is 0 Å². The Morgan fingerprint density at radius 1 is 1.02 bits per heavy atom. The topological polar surface area (TPSA) is 98.6 Å². The van der Waals surface area contributed by atoms with Gasteiger partial charge in [-0.05, 0) is 55.3 Å². The summed E-state index contributed by atoms with van der Waals surface area (Å²) in [5.74, 6) is -0.788. The van der Waals surface area contributed by atoms with Crippen LogP contribution in [0.4, 0.5) is 10.1 Å². The second-order valence-corrected chi connectivity index (χ2v) is 9.80. The van der Waals surface area contributed by atoms with E-state index < -0.39 is 23.7 Å². The Hall–Kier alpha value is -4.47. The van der Waals surface area contributed by atoms with E-state index in [1.54, 1.807) is 36.4 Å². The van der Waals surface area contributed by atoms with Gasteiger partial charge in [0.2, 0.25) is 11.8 Å². The summed E-state index contributed by atoms with van der Waals surface area (Å²) in [4.78, 5) is 29.6. The Morgan fingerprint density at radius 2 is 1.77 bits per heavy atom. The molecule has 0 spiro atoms. The highest BCUT2D eigenvalue weighted by Gasteiger charge is 2.37. The number of nitrogens with one attached hydrogen (secondary N) is 1. The van der Waals surface area contributed by atoms with E-state index in [4.69, 9.17) is 9.47 Å². The van der Waals surface area contributed by atoms with Gasteiger partial charge in [-0.15, -0.1) is 5.10 Å². The quantitative estimate of drug-likeness (QED) is 0.324. The first-order valence-corrected chi connectivity index (χ1v) is 13.4. The first kappa shape index (κ1) is 27.1. The van der Waals surface area contributed by atoms with E-state index in [9.17, 15) is 9.59 Å². The number of fused-ring (bicyclic) bond motifs is 1. The molecule has 2 amide bonds. The van der Waals surface area contributed by atoms with Gasteiger partial charge in [-0.1, -0.05) is 48.7 Å². The third kappa shape index (κ3) is 5.61. The molecule has 10 heteroatoms. The van der Waals surface area contributed by atoms with Gasteiger partial charge >= 0.3 is 0 Å². The van der Waals surface area contributed by atoms with E-state index in [2.05, 4.69) is 15.6 Å². The van der Waals surface area contributed by atoms with Crippen LogP contribution in [0.25, 0.3) is 11.0 Å². The molecule has 1 aliphatic rings. The SMILES string of the molecule is COc1ccc(OC)c([C@H](C(=O)NC2CCCCC2)N(C(=O)Cn2nnc3ccccc32)c2ccccc2F)c1. The predicted molar refractivity (Wildman–Crippen MR) is 149 cm³/mol. The van der Waals surface area contributed by atoms with Crippen molar-refractivity contribution >= 4 is 28.5 Å².